The van der Waals surface area contributed by atoms with Crippen molar-refractivity contribution < 1.29 is 9.84 Å². The molecule has 0 unspecified atom stereocenters. The first-order valence-electron chi connectivity index (χ1n) is 7.00. The SMILES string of the molecule is COCc1ncc(C2(O)CCC(n3cccc3)CC2)s1. The highest BCUT2D eigenvalue weighted by atomic mass is 32.1. The monoisotopic (exact) mass is 292 g/mol. The van der Waals surface area contributed by atoms with Gasteiger partial charge in [-0.15, -0.1) is 11.3 Å². The fraction of sp³-hybridized carbons (Fsp3) is 0.533. The summed E-state index contributed by atoms with van der Waals surface area (Å²) in [5.74, 6) is 0. The van der Waals surface area contributed by atoms with Crippen molar-refractivity contribution in [2.24, 2.45) is 0 Å². The summed E-state index contributed by atoms with van der Waals surface area (Å²) in [4.78, 5) is 5.31. The predicted octanol–water partition coefficient (Wildman–Crippen LogP) is 3.09. The summed E-state index contributed by atoms with van der Waals surface area (Å²) in [5.41, 5.74) is -0.701. The number of nitrogens with zero attached hydrogens (tertiary/aromatic N) is 2. The normalized spacial score (nSPS) is 26.8. The summed E-state index contributed by atoms with van der Waals surface area (Å²) < 4.78 is 7.34. The smallest absolute Gasteiger partial charge is 0.119 e. The lowest BCUT2D eigenvalue weighted by atomic mass is 9.81. The highest BCUT2D eigenvalue weighted by Gasteiger charge is 2.36. The van der Waals surface area contributed by atoms with Gasteiger partial charge >= 0.3 is 0 Å². The molecule has 4 nitrogen and oxygen atoms in total. The zero-order valence-electron chi connectivity index (χ0n) is 11.7. The van der Waals surface area contributed by atoms with Crippen molar-refractivity contribution in [3.05, 3.63) is 40.6 Å². The Bertz CT molecular complexity index is 542. The summed E-state index contributed by atoms with van der Waals surface area (Å²) >= 11 is 1.57. The third-order valence-corrected chi connectivity index (χ3v) is 5.28. The van der Waals surface area contributed by atoms with Crippen LogP contribution < -0.4 is 0 Å². The Morgan fingerprint density at radius 2 is 2.10 bits per heavy atom. The molecule has 5 heteroatoms. The molecule has 0 atom stereocenters. The van der Waals surface area contributed by atoms with E-state index in [9.17, 15) is 5.11 Å². The largest absolute Gasteiger partial charge is 0.384 e. The average Bonchev–Trinajstić information content (AvgIpc) is 3.11. The van der Waals surface area contributed by atoms with E-state index in [0.29, 0.717) is 12.6 Å². The molecule has 1 N–H and O–H groups in total. The molecule has 0 radical (unpaired) electrons. The minimum atomic E-state index is -0.701. The van der Waals surface area contributed by atoms with Crippen molar-refractivity contribution in [2.45, 2.75) is 43.9 Å². The Kier molecular flexibility index (Phi) is 3.92. The van der Waals surface area contributed by atoms with E-state index in [4.69, 9.17) is 4.74 Å². The molecule has 1 aliphatic rings. The van der Waals surface area contributed by atoms with Gasteiger partial charge < -0.3 is 14.4 Å². The van der Waals surface area contributed by atoms with Gasteiger partial charge in [-0.1, -0.05) is 0 Å². The zero-order valence-corrected chi connectivity index (χ0v) is 12.5. The Hall–Kier alpha value is -1.17. The van der Waals surface area contributed by atoms with Crippen molar-refractivity contribution in [2.75, 3.05) is 7.11 Å². The van der Waals surface area contributed by atoms with Crippen LogP contribution in [-0.2, 0) is 16.9 Å². The molecule has 0 aromatic carbocycles. The average molecular weight is 292 g/mol. The van der Waals surface area contributed by atoms with Gasteiger partial charge in [0.05, 0.1) is 11.5 Å². The van der Waals surface area contributed by atoms with Crippen LogP contribution in [-0.4, -0.2) is 21.8 Å². The lowest BCUT2D eigenvalue weighted by molar-refractivity contribution is -0.00917. The summed E-state index contributed by atoms with van der Waals surface area (Å²) in [7, 11) is 1.66. The zero-order chi connectivity index (χ0) is 14.0. The number of methoxy groups -OCH3 is 1. The fourth-order valence-corrected chi connectivity index (χ4v) is 3.97. The summed E-state index contributed by atoms with van der Waals surface area (Å²) in [6, 6.07) is 4.62. The maximum absolute atomic E-state index is 10.9. The van der Waals surface area contributed by atoms with Crippen molar-refractivity contribution in [3.8, 4) is 0 Å². The van der Waals surface area contributed by atoms with Crippen LogP contribution >= 0.6 is 11.3 Å². The van der Waals surface area contributed by atoms with E-state index in [1.807, 2.05) is 6.20 Å². The van der Waals surface area contributed by atoms with Crippen molar-refractivity contribution >= 4 is 11.3 Å². The van der Waals surface area contributed by atoms with Gasteiger partial charge in [-0.2, -0.15) is 0 Å². The summed E-state index contributed by atoms with van der Waals surface area (Å²) in [6.07, 6.45) is 9.63. The maximum Gasteiger partial charge on any atom is 0.119 e. The van der Waals surface area contributed by atoms with Crippen LogP contribution in [0.15, 0.2) is 30.7 Å². The molecule has 0 bridgehead atoms. The first-order chi connectivity index (χ1) is 9.71. The molecule has 1 fully saturated rings. The van der Waals surface area contributed by atoms with E-state index >= 15 is 0 Å². The molecule has 2 heterocycles. The first kappa shape index (κ1) is 13.8. The second-order valence-corrected chi connectivity index (χ2v) is 6.56. The minimum Gasteiger partial charge on any atom is -0.384 e. The molecule has 3 rings (SSSR count). The van der Waals surface area contributed by atoms with Gasteiger partial charge in [0.15, 0.2) is 0 Å². The summed E-state index contributed by atoms with van der Waals surface area (Å²) in [6.45, 7) is 0.521. The second kappa shape index (κ2) is 5.68. The Balaban J connectivity index is 1.68. The second-order valence-electron chi connectivity index (χ2n) is 5.44. The van der Waals surface area contributed by atoms with Gasteiger partial charge in [-0.25, -0.2) is 4.98 Å². The lowest BCUT2D eigenvalue weighted by Crippen LogP contribution is -2.31. The predicted molar refractivity (Wildman–Crippen MR) is 78.7 cm³/mol. The van der Waals surface area contributed by atoms with Gasteiger partial charge in [0.2, 0.25) is 0 Å². The van der Waals surface area contributed by atoms with Gasteiger partial charge in [0, 0.05) is 31.7 Å². The fourth-order valence-electron chi connectivity index (χ4n) is 2.93. The Labute approximate surface area is 123 Å². The third kappa shape index (κ3) is 2.66. The number of ether oxygens (including phenoxy) is 1. The molecular formula is C15H20N2O2S. The molecule has 0 aliphatic heterocycles. The van der Waals surface area contributed by atoms with Gasteiger partial charge in [-0.05, 0) is 37.8 Å². The standard InChI is InChI=1S/C15H20N2O2S/c1-19-11-14-16-10-13(20-14)15(18)6-4-12(5-7-15)17-8-2-3-9-17/h2-3,8-10,12,18H,4-7,11H2,1H3. The number of rotatable bonds is 4. The topological polar surface area (TPSA) is 47.3 Å². The molecule has 2 aromatic heterocycles. The van der Waals surface area contributed by atoms with Crippen molar-refractivity contribution in [3.63, 3.8) is 0 Å². The maximum atomic E-state index is 10.9. The molecule has 0 spiro atoms. The van der Waals surface area contributed by atoms with E-state index in [-0.39, 0.29) is 0 Å². The van der Waals surface area contributed by atoms with E-state index in [0.717, 1.165) is 35.6 Å². The molecule has 2 aromatic rings. The van der Waals surface area contributed by atoms with Gasteiger partial charge in [0.1, 0.15) is 10.6 Å². The minimum absolute atomic E-state index is 0.511. The lowest BCUT2D eigenvalue weighted by Gasteiger charge is -2.35. The third-order valence-electron chi connectivity index (χ3n) is 4.11. The van der Waals surface area contributed by atoms with Crippen molar-refractivity contribution in [1.82, 2.24) is 9.55 Å². The van der Waals surface area contributed by atoms with Crippen LogP contribution in [0.2, 0.25) is 0 Å². The van der Waals surface area contributed by atoms with Crippen LogP contribution in [0.3, 0.4) is 0 Å². The van der Waals surface area contributed by atoms with Crippen LogP contribution in [0.1, 0.15) is 41.6 Å². The number of hydrogen-bond acceptors (Lipinski definition) is 4. The highest BCUT2D eigenvalue weighted by Crippen LogP contribution is 2.43. The molecule has 20 heavy (non-hydrogen) atoms. The van der Waals surface area contributed by atoms with Crippen LogP contribution in [0.4, 0.5) is 0 Å². The van der Waals surface area contributed by atoms with E-state index in [1.165, 1.54) is 0 Å². The number of hydrogen-bond donors (Lipinski definition) is 1. The Morgan fingerprint density at radius 3 is 2.75 bits per heavy atom. The summed E-state index contributed by atoms with van der Waals surface area (Å²) in [5, 5.41) is 11.8. The van der Waals surface area contributed by atoms with Crippen LogP contribution in [0, 0.1) is 0 Å². The van der Waals surface area contributed by atoms with Crippen LogP contribution in [0.25, 0.3) is 0 Å². The molecule has 108 valence electrons. The highest BCUT2D eigenvalue weighted by molar-refractivity contribution is 7.11. The molecule has 0 saturated heterocycles. The van der Waals surface area contributed by atoms with Crippen LogP contribution in [0.5, 0.6) is 0 Å². The van der Waals surface area contributed by atoms with Crippen molar-refractivity contribution in [1.29, 1.82) is 0 Å². The van der Waals surface area contributed by atoms with Gasteiger partial charge in [-0.3, -0.25) is 0 Å². The number of thiazole rings is 1. The quantitative estimate of drug-likeness (QED) is 0.942. The van der Waals surface area contributed by atoms with E-state index in [2.05, 4.69) is 34.1 Å². The molecule has 0 amide bonds. The Morgan fingerprint density at radius 1 is 1.40 bits per heavy atom. The molecule has 1 aliphatic carbocycles. The van der Waals surface area contributed by atoms with E-state index in [1.54, 1.807) is 18.4 Å². The first-order valence-corrected chi connectivity index (χ1v) is 7.82. The molecular weight excluding hydrogens is 272 g/mol. The van der Waals surface area contributed by atoms with Gasteiger partial charge in [0.25, 0.3) is 0 Å². The number of aromatic nitrogens is 2. The number of aliphatic hydroxyl groups is 1. The van der Waals surface area contributed by atoms with E-state index < -0.39 is 5.60 Å². The molecule has 1 saturated carbocycles.